The van der Waals surface area contributed by atoms with Crippen LogP contribution >= 0.6 is 15.9 Å². The van der Waals surface area contributed by atoms with Gasteiger partial charge in [0.1, 0.15) is 11.6 Å². The van der Waals surface area contributed by atoms with Gasteiger partial charge >= 0.3 is 0 Å². The van der Waals surface area contributed by atoms with E-state index in [0.29, 0.717) is 12.0 Å². The molecular weight excluding hydrogens is 342 g/mol. The van der Waals surface area contributed by atoms with Gasteiger partial charge in [-0.05, 0) is 40.4 Å². The molecule has 0 saturated heterocycles. The third kappa shape index (κ3) is 3.66. The van der Waals surface area contributed by atoms with E-state index >= 15 is 0 Å². The van der Waals surface area contributed by atoms with Gasteiger partial charge in [-0.1, -0.05) is 13.0 Å². The normalized spacial score (nSPS) is 12.6. The lowest BCUT2D eigenvalue weighted by molar-refractivity contribution is 0.467. The van der Waals surface area contributed by atoms with Gasteiger partial charge in [0.25, 0.3) is 0 Å². The van der Waals surface area contributed by atoms with Crippen LogP contribution in [0.1, 0.15) is 30.6 Å². The number of nitrogens with one attached hydrogen (secondary N) is 1. The lowest BCUT2D eigenvalue weighted by atomic mass is 10.0. The van der Waals surface area contributed by atoms with Crippen LogP contribution in [0.4, 0.5) is 8.78 Å². The highest BCUT2D eigenvalue weighted by Crippen LogP contribution is 2.27. The minimum absolute atomic E-state index is 0.302. The first-order valence-corrected chi connectivity index (χ1v) is 7.47. The Morgan fingerprint density at radius 3 is 2.81 bits per heavy atom. The predicted molar refractivity (Wildman–Crippen MR) is 80.3 cm³/mol. The van der Waals surface area contributed by atoms with Crippen molar-refractivity contribution in [2.24, 2.45) is 5.84 Å². The molecule has 21 heavy (non-hydrogen) atoms. The van der Waals surface area contributed by atoms with Crippen molar-refractivity contribution in [1.82, 2.24) is 15.2 Å². The molecule has 0 radical (unpaired) electrons. The molecule has 1 atom stereocenters. The standard InChI is InChI=1S/C14H17BrF2N4/c1-2-5-21-14(11(15)8-19-21)13(20-18)6-9-3-4-10(16)7-12(9)17/h3-4,7-8,13,20H,2,5-6,18H2,1H3. The number of benzene rings is 1. The molecule has 2 aromatic rings. The second-order valence-corrected chi connectivity index (χ2v) is 5.61. The molecule has 1 heterocycles. The van der Waals surface area contributed by atoms with Crippen molar-refractivity contribution in [3.63, 3.8) is 0 Å². The van der Waals surface area contributed by atoms with Crippen LogP contribution in [0.15, 0.2) is 28.9 Å². The number of nitrogens with two attached hydrogens (primary N) is 1. The molecular formula is C14H17BrF2N4. The maximum absolute atomic E-state index is 13.8. The van der Waals surface area contributed by atoms with Crippen molar-refractivity contribution in [2.75, 3.05) is 0 Å². The molecule has 0 aliphatic heterocycles. The Balaban J connectivity index is 2.29. The summed E-state index contributed by atoms with van der Waals surface area (Å²) in [5, 5.41) is 4.27. The average molecular weight is 359 g/mol. The minimum atomic E-state index is -0.592. The number of aryl methyl sites for hydroxylation is 1. The number of halogens is 3. The summed E-state index contributed by atoms with van der Waals surface area (Å²) in [5.41, 5.74) is 3.93. The molecule has 2 rings (SSSR count). The highest BCUT2D eigenvalue weighted by Gasteiger charge is 2.20. The summed E-state index contributed by atoms with van der Waals surface area (Å²) in [6.07, 6.45) is 2.91. The Hall–Kier alpha value is -1.31. The fraction of sp³-hybridized carbons (Fsp3) is 0.357. The van der Waals surface area contributed by atoms with E-state index in [0.717, 1.165) is 29.2 Å². The number of hydrogen-bond donors (Lipinski definition) is 2. The molecule has 3 N–H and O–H groups in total. The third-order valence-corrected chi connectivity index (χ3v) is 3.85. The van der Waals surface area contributed by atoms with Crippen LogP contribution in [0.2, 0.25) is 0 Å². The molecule has 0 aliphatic rings. The zero-order valence-corrected chi connectivity index (χ0v) is 13.2. The van der Waals surface area contributed by atoms with Crippen LogP contribution < -0.4 is 11.3 Å². The van der Waals surface area contributed by atoms with Gasteiger partial charge in [-0.2, -0.15) is 5.10 Å². The summed E-state index contributed by atoms with van der Waals surface area (Å²) in [4.78, 5) is 0. The van der Waals surface area contributed by atoms with Gasteiger partial charge < -0.3 is 0 Å². The highest BCUT2D eigenvalue weighted by atomic mass is 79.9. The molecule has 114 valence electrons. The Morgan fingerprint density at radius 2 is 2.19 bits per heavy atom. The first-order chi connectivity index (χ1) is 10.1. The highest BCUT2D eigenvalue weighted by molar-refractivity contribution is 9.10. The molecule has 1 unspecified atom stereocenters. The maximum atomic E-state index is 13.8. The van der Waals surface area contributed by atoms with E-state index in [1.54, 1.807) is 6.20 Å². The second kappa shape index (κ2) is 7.11. The average Bonchev–Trinajstić information content (AvgIpc) is 2.80. The van der Waals surface area contributed by atoms with E-state index in [9.17, 15) is 8.78 Å². The Bertz CT molecular complexity index is 615. The topological polar surface area (TPSA) is 55.9 Å². The Morgan fingerprint density at radius 1 is 1.43 bits per heavy atom. The number of hydrazine groups is 1. The van der Waals surface area contributed by atoms with Crippen LogP contribution in [-0.2, 0) is 13.0 Å². The maximum Gasteiger partial charge on any atom is 0.129 e. The lowest BCUT2D eigenvalue weighted by Gasteiger charge is -2.19. The van der Waals surface area contributed by atoms with Crippen molar-refractivity contribution in [2.45, 2.75) is 32.4 Å². The molecule has 0 spiro atoms. The van der Waals surface area contributed by atoms with Crippen molar-refractivity contribution >= 4 is 15.9 Å². The van der Waals surface area contributed by atoms with E-state index in [1.165, 1.54) is 12.1 Å². The van der Waals surface area contributed by atoms with Gasteiger partial charge in [0.05, 0.1) is 22.4 Å². The second-order valence-electron chi connectivity index (χ2n) is 4.76. The lowest BCUT2D eigenvalue weighted by Crippen LogP contribution is -2.32. The molecule has 0 amide bonds. The molecule has 1 aromatic carbocycles. The summed E-state index contributed by atoms with van der Waals surface area (Å²) in [5.74, 6) is 4.45. The first-order valence-electron chi connectivity index (χ1n) is 6.68. The first kappa shape index (κ1) is 16.1. The molecule has 1 aromatic heterocycles. The fourth-order valence-corrected chi connectivity index (χ4v) is 2.82. The smallest absolute Gasteiger partial charge is 0.129 e. The monoisotopic (exact) mass is 358 g/mol. The van der Waals surface area contributed by atoms with Crippen LogP contribution in [0, 0.1) is 11.6 Å². The van der Waals surface area contributed by atoms with Gasteiger partial charge in [-0.3, -0.25) is 16.0 Å². The Kier molecular flexibility index (Phi) is 5.44. The molecule has 0 aliphatic carbocycles. The number of rotatable bonds is 6. The van der Waals surface area contributed by atoms with E-state index < -0.39 is 11.6 Å². The van der Waals surface area contributed by atoms with E-state index in [1.807, 2.05) is 11.6 Å². The zero-order chi connectivity index (χ0) is 15.4. The van der Waals surface area contributed by atoms with E-state index in [2.05, 4.69) is 26.5 Å². The van der Waals surface area contributed by atoms with Crippen molar-refractivity contribution < 1.29 is 8.78 Å². The summed E-state index contributed by atoms with van der Waals surface area (Å²) >= 11 is 3.44. The number of hydrogen-bond acceptors (Lipinski definition) is 3. The summed E-state index contributed by atoms with van der Waals surface area (Å²) < 4.78 is 29.4. The third-order valence-electron chi connectivity index (χ3n) is 3.24. The predicted octanol–water partition coefficient (Wildman–Crippen LogP) is 3.08. The van der Waals surface area contributed by atoms with Crippen molar-refractivity contribution in [1.29, 1.82) is 0 Å². The van der Waals surface area contributed by atoms with Gasteiger partial charge in [0.2, 0.25) is 0 Å². The van der Waals surface area contributed by atoms with E-state index in [-0.39, 0.29) is 6.04 Å². The van der Waals surface area contributed by atoms with Crippen LogP contribution in [-0.4, -0.2) is 9.78 Å². The van der Waals surface area contributed by atoms with Crippen LogP contribution in [0.25, 0.3) is 0 Å². The molecule has 0 bridgehead atoms. The minimum Gasteiger partial charge on any atom is -0.271 e. The fourth-order valence-electron chi connectivity index (χ4n) is 2.25. The van der Waals surface area contributed by atoms with Gasteiger partial charge in [0, 0.05) is 12.6 Å². The van der Waals surface area contributed by atoms with E-state index in [4.69, 9.17) is 5.84 Å². The van der Waals surface area contributed by atoms with Crippen LogP contribution in [0.3, 0.4) is 0 Å². The van der Waals surface area contributed by atoms with Crippen molar-refractivity contribution in [3.05, 3.63) is 51.8 Å². The largest absolute Gasteiger partial charge is 0.271 e. The number of aromatic nitrogens is 2. The summed E-state index contributed by atoms with van der Waals surface area (Å²) in [6.45, 7) is 2.79. The Labute approximate surface area is 130 Å². The molecule has 4 nitrogen and oxygen atoms in total. The van der Waals surface area contributed by atoms with Gasteiger partial charge in [-0.25, -0.2) is 8.78 Å². The zero-order valence-electron chi connectivity index (χ0n) is 11.6. The molecule has 0 fully saturated rings. The van der Waals surface area contributed by atoms with Gasteiger partial charge in [0.15, 0.2) is 0 Å². The van der Waals surface area contributed by atoms with Gasteiger partial charge in [-0.15, -0.1) is 0 Å². The number of nitrogens with zero attached hydrogens (tertiary/aromatic N) is 2. The van der Waals surface area contributed by atoms with Crippen molar-refractivity contribution in [3.8, 4) is 0 Å². The summed E-state index contributed by atoms with van der Waals surface area (Å²) in [7, 11) is 0. The molecule has 7 heteroatoms. The summed E-state index contributed by atoms with van der Waals surface area (Å²) in [6, 6.07) is 3.23. The quantitative estimate of drug-likeness (QED) is 0.616. The van der Waals surface area contributed by atoms with Crippen LogP contribution in [0.5, 0.6) is 0 Å². The SMILES string of the molecule is CCCn1ncc(Br)c1C(Cc1ccc(F)cc1F)NN. The molecule has 0 saturated carbocycles.